The van der Waals surface area contributed by atoms with E-state index in [1.807, 2.05) is 13.8 Å². The van der Waals surface area contributed by atoms with E-state index in [1.165, 1.54) is 122 Å². The maximum Gasteiger partial charge on any atom is 0.237 e. The molecule has 0 spiro atoms. The molecule has 6 N–H and O–H groups in total. The third-order valence-corrected chi connectivity index (χ3v) is 10.6. The van der Waals surface area contributed by atoms with E-state index in [-0.39, 0.29) is 11.8 Å². The monoisotopic (exact) mass is 726 g/mol. The van der Waals surface area contributed by atoms with Crippen molar-refractivity contribution in [2.75, 3.05) is 13.2 Å². The van der Waals surface area contributed by atoms with Crippen LogP contribution in [-0.4, -0.2) is 81.8 Å². The van der Waals surface area contributed by atoms with Gasteiger partial charge in [0.2, 0.25) is 11.8 Å². The number of rotatable bonds is 33. The number of aliphatic hydroxyl groups is 3. The quantitative estimate of drug-likeness (QED) is 0.0428. The van der Waals surface area contributed by atoms with Crippen molar-refractivity contribution in [3.05, 3.63) is 0 Å². The van der Waals surface area contributed by atoms with Crippen molar-refractivity contribution in [1.82, 2.24) is 10.2 Å². The fraction of sp³-hybridized carbons (Fsp3) is 0.952. The number of aliphatic hydroxyl groups excluding tert-OH is 3. The Morgan fingerprint density at radius 2 is 1.08 bits per heavy atom. The molecule has 0 unspecified atom stereocenters. The minimum Gasteiger partial charge on any atom is -0.394 e. The van der Waals surface area contributed by atoms with Crippen LogP contribution in [-0.2, 0) is 14.3 Å². The van der Waals surface area contributed by atoms with E-state index < -0.39 is 49.1 Å². The summed E-state index contributed by atoms with van der Waals surface area (Å²) in [4.78, 5) is 28.6. The molecule has 9 heteroatoms. The van der Waals surface area contributed by atoms with Gasteiger partial charge in [-0.05, 0) is 25.2 Å². The van der Waals surface area contributed by atoms with Crippen LogP contribution >= 0.6 is 0 Å². The van der Waals surface area contributed by atoms with Crippen molar-refractivity contribution in [2.45, 2.75) is 238 Å². The molecule has 2 amide bonds. The summed E-state index contributed by atoms with van der Waals surface area (Å²) in [7, 11) is 0. The standard InChI is InChI=1S/C42H83N3O6/c1-5-7-9-11-13-15-17-18-19-20-21-22-24-26-28-30-37(47)45(31-29-27-25-23-16-14-12-10-8-6-2)42-38(40(49)39(48)36(33-46)51-42)44-41(50)35(43)32-34(3)4/h34-36,38-40,42,46,48-49H,5-33,43H2,1-4H3,(H,44,50)/t35-,36+,38+,39-,40+,42+/m0/s1. The Morgan fingerprint density at radius 3 is 1.49 bits per heavy atom. The summed E-state index contributed by atoms with van der Waals surface area (Å²) in [5, 5.41) is 34.7. The second kappa shape index (κ2) is 31.1. The summed E-state index contributed by atoms with van der Waals surface area (Å²) in [6.07, 6.45) is 26.3. The van der Waals surface area contributed by atoms with E-state index in [2.05, 4.69) is 19.2 Å². The lowest BCUT2D eigenvalue weighted by Crippen LogP contribution is -2.69. The predicted octanol–water partition coefficient (Wildman–Crippen LogP) is 8.29. The molecule has 0 aromatic heterocycles. The van der Waals surface area contributed by atoms with Gasteiger partial charge in [0.05, 0.1) is 12.6 Å². The third-order valence-electron chi connectivity index (χ3n) is 10.6. The van der Waals surface area contributed by atoms with Crippen molar-refractivity contribution >= 4 is 11.8 Å². The molecule has 1 aliphatic heterocycles. The number of unbranched alkanes of at least 4 members (excludes halogenated alkanes) is 23. The second-order valence-electron chi connectivity index (χ2n) is 16.0. The molecule has 1 heterocycles. The maximum absolute atomic E-state index is 13.9. The lowest BCUT2D eigenvalue weighted by atomic mass is 9.94. The molecule has 0 radical (unpaired) electrons. The Kier molecular flexibility index (Phi) is 29.1. The van der Waals surface area contributed by atoms with E-state index in [9.17, 15) is 24.9 Å². The second-order valence-corrected chi connectivity index (χ2v) is 16.0. The summed E-state index contributed by atoms with van der Waals surface area (Å²) in [6, 6.07) is -1.86. The molecule has 1 aliphatic rings. The normalized spacial score (nSPS) is 21.2. The Hall–Kier alpha value is -1.26. The summed E-state index contributed by atoms with van der Waals surface area (Å²) in [5.74, 6) is -0.343. The van der Waals surface area contributed by atoms with Crippen LogP contribution in [0.5, 0.6) is 0 Å². The fourth-order valence-corrected chi connectivity index (χ4v) is 7.36. The fourth-order valence-electron chi connectivity index (χ4n) is 7.36. The van der Waals surface area contributed by atoms with Gasteiger partial charge in [-0.3, -0.25) is 9.59 Å². The molecule has 0 bridgehead atoms. The minimum absolute atomic E-state index is 0.0865. The van der Waals surface area contributed by atoms with Crippen molar-refractivity contribution in [1.29, 1.82) is 0 Å². The highest BCUT2D eigenvalue weighted by Gasteiger charge is 2.48. The van der Waals surface area contributed by atoms with E-state index in [0.29, 0.717) is 19.4 Å². The Balaban J connectivity index is 2.72. The van der Waals surface area contributed by atoms with Gasteiger partial charge < -0.3 is 36.0 Å². The first-order chi connectivity index (χ1) is 24.7. The largest absolute Gasteiger partial charge is 0.394 e. The first kappa shape index (κ1) is 47.8. The van der Waals surface area contributed by atoms with E-state index in [1.54, 1.807) is 4.90 Å². The van der Waals surface area contributed by atoms with Crippen LogP contribution in [0.2, 0.25) is 0 Å². The highest BCUT2D eigenvalue weighted by Crippen LogP contribution is 2.26. The van der Waals surface area contributed by atoms with Gasteiger partial charge in [-0.25, -0.2) is 0 Å². The molecular formula is C42H83N3O6. The zero-order valence-electron chi connectivity index (χ0n) is 33.6. The predicted molar refractivity (Wildman–Crippen MR) is 210 cm³/mol. The van der Waals surface area contributed by atoms with Gasteiger partial charge in [0.15, 0.2) is 6.23 Å². The van der Waals surface area contributed by atoms with E-state index in [0.717, 1.165) is 38.5 Å². The molecule has 9 nitrogen and oxygen atoms in total. The van der Waals surface area contributed by atoms with Crippen molar-refractivity contribution < 1.29 is 29.6 Å². The average molecular weight is 726 g/mol. The zero-order chi connectivity index (χ0) is 37.7. The molecule has 0 aromatic rings. The molecule has 0 saturated carbocycles. The Morgan fingerprint density at radius 1 is 0.667 bits per heavy atom. The van der Waals surface area contributed by atoms with Crippen LogP contribution in [0, 0.1) is 5.92 Å². The van der Waals surface area contributed by atoms with E-state index in [4.69, 9.17) is 10.5 Å². The third kappa shape index (κ3) is 21.9. The van der Waals surface area contributed by atoms with Gasteiger partial charge in [-0.15, -0.1) is 0 Å². The lowest BCUT2D eigenvalue weighted by molar-refractivity contribution is -0.231. The number of carbonyl (C=O) groups is 2. The van der Waals surface area contributed by atoms with Crippen molar-refractivity contribution in [3.8, 4) is 0 Å². The van der Waals surface area contributed by atoms with Gasteiger partial charge in [-0.1, -0.05) is 175 Å². The first-order valence-electron chi connectivity index (χ1n) is 21.7. The highest BCUT2D eigenvalue weighted by molar-refractivity contribution is 5.82. The Bertz CT molecular complexity index is 845. The van der Waals surface area contributed by atoms with Gasteiger partial charge in [0.25, 0.3) is 0 Å². The van der Waals surface area contributed by atoms with Crippen LogP contribution in [0.4, 0.5) is 0 Å². The number of ether oxygens (including phenoxy) is 1. The molecule has 0 aliphatic carbocycles. The van der Waals surface area contributed by atoms with Crippen molar-refractivity contribution in [2.24, 2.45) is 11.7 Å². The molecule has 51 heavy (non-hydrogen) atoms. The Labute approximate surface area is 313 Å². The summed E-state index contributed by atoms with van der Waals surface area (Å²) >= 11 is 0. The van der Waals surface area contributed by atoms with Crippen LogP contribution in [0.3, 0.4) is 0 Å². The van der Waals surface area contributed by atoms with Gasteiger partial charge in [0, 0.05) is 13.0 Å². The molecular weight excluding hydrogens is 642 g/mol. The molecule has 6 atom stereocenters. The summed E-state index contributed by atoms with van der Waals surface area (Å²) < 4.78 is 6.14. The summed E-state index contributed by atoms with van der Waals surface area (Å²) in [6.45, 7) is 8.37. The summed E-state index contributed by atoms with van der Waals surface area (Å²) in [5.41, 5.74) is 6.17. The van der Waals surface area contributed by atoms with Crippen LogP contribution in [0.15, 0.2) is 0 Å². The topological polar surface area (TPSA) is 145 Å². The van der Waals surface area contributed by atoms with Crippen molar-refractivity contribution in [3.63, 3.8) is 0 Å². The maximum atomic E-state index is 13.9. The molecule has 302 valence electrons. The number of nitrogens with one attached hydrogen (secondary N) is 1. The number of nitrogens with two attached hydrogens (primary N) is 1. The number of amides is 2. The number of carbonyl (C=O) groups excluding carboxylic acids is 2. The molecule has 1 saturated heterocycles. The number of hydrogen-bond donors (Lipinski definition) is 5. The van der Waals surface area contributed by atoms with Gasteiger partial charge in [0.1, 0.15) is 24.4 Å². The molecule has 1 rings (SSSR count). The average Bonchev–Trinajstić information content (AvgIpc) is 3.11. The zero-order valence-corrected chi connectivity index (χ0v) is 33.6. The van der Waals surface area contributed by atoms with Crippen LogP contribution in [0.25, 0.3) is 0 Å². The van der Waals surface area contributed by atoms with Crippen LogP contribution in [0.1, 0.15) is 201 Å². The molecule has 1 fully saturated rings. The number of nitrogens with zero attached hydrogens (tertiary/aromatic N) is 1. The highest BCUT2D eigenvalue weighted by atomic mass is 16.5. The first-order valence-corrected chi connectivity index (χ1v) is 21.7. The van der Waals surface area contributed by atoms with Gasteiger partial charge >= 0.3 is 0 Å². The van der Waals surface area contributed by atoms with E-state index >= 15 is 0 Å². The SMILES string of the molecule is CCCCCCCCCCCCCCCCCC(=O)N(CCCCCCCCCCCC)[C@@H]1O[C@H](CO)[C@H](O)[C@H](O)[C@H]1NC(=O)[C@@H](N)CC(C)C. The number of hydrogen-bond acceptors (Lipinski definition) is 7. The molecule has 0 aromatic carbocycles. The van der Waals surface area contributed by atoms with Crippen LogP contribution < -0.4 is 11.1 Å². The smallest absolute Gasteiger partial charge is 0.237 e. The minimum atomic E-state index is -1.43. The lowest BCUT2D eigenvalue weighted by Gasteiger charge is -2.47. The van der Waals surface area contributed by atoms with Gasteiger partial charge in [-0.2, -0.15) is 0 Å².